The molecule has 0 saturated heterocycles. The van der Waals surface area contributed by atoms with Crippen LogP contribution in [-0.4, -0.2) is 41.2 Å². The molecule has 0 spiro atoms. The normalized spacial score (nSPS) is 11.4. The fourth-order valence-electron chi connectivity index (χ4n) is 5.91. The number of rotatable bonds is 24. The second-order valence-corrected chi connectivity index (χ2v) is 14.3. The predicted molar refractivity (Wildman–Crippen MR) is 204 cm³/mol. The van der Waals surface area contributed by atoms with Crippen LogP contribution in [0.2, 0.25) is 0 Å². The average molecular weight is 723 g/mol. The van der Waals surface area contributed by atoms with E-state index in [1.165, 1.54) is 83.3 Å². The van der Waals surface area contributed by atoms with Crippen LogP contribution < -0.4 is 20.9 Å². The Kier molecular flexibility index (Phi) is 17.6. The molecule has 0 atom stereocenters. The van der Waals surface area contributed by atoms with Crippen LogP contribution in [0.25, 0.3) is 5.69 Å². The van der Waals surface area contributed by atoms with Gasteiger partial charge in [-0.05, 0) is 37.1 Å². The number of aromatic nitrogens is 1. The molecule has 12 heteroatoms. The van der Waals surface area contributed by atoms with Gasteiger partial charge in [0.15, 0.2) is 11.4 Å². The number of unbranched alkanes of at least 4 members (excludes halogenated alkanes) is 11. The van der Waals surface area contributed by atoms with Crippen LogP contribution >= 0.6 is 0 Å². The molecule has 0 saturated carbocycles. The molecule has 12 nitrogen and oxygen atoms in total. The fraction of sp³-hybridized carbons (Fsp3) is 0.575. The summed E-state index contributed by atoms with van der Waals surface area (Å²) < 4.78 is 18.5. The monoisotopic (exact) mass is 722 g/mol. The molecule has 0 aliphatic carbocycles. The van der Waals surface area contributed by atoms with E-state index in [4.69, 9.17) is 14.0 Å². The van der Waals surface area contributed by atoms with Gasteiger partial charge in [0.1, 0.15) is 12.4 Å². The Morgan fingerprint density at radius 2 is 1.52 bits per heavy atom. The van der Waals surface area contributed by atoms with E-state index in [2.05, 4.69) is 17.6 Å². The molecule has 0 bridgehead atoms. The first-order valence-corrected chi connectivity index (χ1v) is 18.8. The van der Waals surface area contributed by atoms with Crippen LogP contribution in [0.5, 0.6) is 5.75 Å². The molecule has 3 rings (SSSR count). The third-order valence-corrected chi connectivity index (χ3v) is 8.66. The summed E-state index contributed by atoms with van der Waals surface area (Å²) in [6.45, 7) is 10.6. The second-order valence-electron chi connectivity index (χ2n) is 14.3. The van der Waals surface area contributed by atoms with E-state index in [0.29, 0.717) is 43.4 Å². The number of nitrogens with one attached hydrogen (secondary N) is 2. The Balaban J connectivity index is 1.50. The van der Waals surface area contributed by atoms with Gasteiger partial charge in [0.2, 0.25) is 5.91 Å². The lowest BCUT2D eigenvalue weighted by Crippen LogP contribution is -2.25. The first kappa shape index (κ1) is 42.0. The van der Waals surface area contributed by atoms with Crippen molar-refractivity contribution in [3.63, 3.8) is 0 Å². The molecule has 0 aliphatic heterocycles. The van der Waals surface area contributed by atoms with Crippen molar-refractivity contribution in [2.45, 2.75) is 130 Å². The Hall–Kier alpha value is -4.45. The number of carbonyl (C=O) groups excluding carboxylic acids is 2. The molecule has 52 heavy (non-hydrogen) atoms. The Morgan fingerprint density at radius 1 is 0.885 bits per heavy atom. The maximum atomic E-state index is 13.7. The van der Waals surface area contributed by atoms with E-state index in [1.807, 2.05) is 20.8 Å². The summed E-state index contributed by atoms with van der Waals surface area (Å²) in [6.07, 6.45) is 16.1. The van der Waals surface area contributed by atoms with Crippen molar-refractivity contribution in [2.24, 2.45) is 0 Å². The number of hydrogen-bond acceptors (Lipinski definition) is 8. The molecule has 0 fully saturated rings. The Bertz CT molecular complexity index is 1640. The van der Waals surface area contributed by atoms with Gasteiger partial charge in [-0.1, -0.05) is 104 Å². The highest BCUT2D eigenvalue weighted by Crippen LogP contribution is 2.30. The van der Waals surface area contributed by atoms with Crippen LogP contribution in [-0.2, 0) is 21.6 Å². The van der Waals surface area contributed by atoms with Crippen molar-refractivity contribution < 1.29 is 28.5 Å². The molecule has 1 aromatic heterocycles. The molecule has 3 aromatic rings. The number of ether oxygens (including phenoxy) is 2. The maximum Gasteiger partial charge on any atom is 0.297 e. The van der Waals surface area contributed by atoms with Crippen molar-refractivity contribution in [2.75, 3.05) is 25.1 Å². The summed E-state index contributed by atoms with van der Waals surface area (Å²) in [4.78, 5) is 49.5. The zero-order chi connectivity index (χ0) is 37.9. The van der Waals surface area contributed by atoms with Crippen LogP contribution in [0.15, 0.2) is 51.8 Å². The SMILES string of the molecule is CCCCCCCCCCCCCCOCCCNC(=O)c1ccc(-n2oc(C(C)(C)C)c(COc3cccc(NC(C)=O)c3)c2=O)c([N+](=O)[O-])c1. The predicted octanol–water partition coefficient (Wildman–Crippen LogP) is 9.01. The Morgan fingerprint density at radius 3 is 2.13 bits per heavy atom. The number of amides is 2. The number of nitrogens with zero attached hydrogens (tertiary/aromatic N) is 2. The zero-order valence-electron chi connectivity index (χ0n) is 31.7. The number of anilines is 1. The number of nitro groups is 1. The number of nitro benzene ring substituents is 1. The van der Waals surface area contributed by atoms with E-state index in [0.717, 1.165) is 23.6 Å². The molecule has 2 aromatic carbocycles. The maximum absolute atomic E-state index is 13.7. The van der Waals surface area contributed by atoms with Crippen LogP contribution in [0.1, 0.15) is 140 Å². The molecule has 0 unspecified atom stereocenters. The van der Waals surface area contributed by atoms with E-state index >= 15 is 0 Å². The lowest BCUT2D eigenvalue weighted by Gasteiger charge is -2.16. The number of hydrogen-bond donors (Lipinski definition) is 2. The van der Waals surface area contributed by atoms with Crippen molar-refractivity contribution in [1.29, 1.82) is 0 Å². The van der Waals surface area contributed by atoms with Gasteiger partial charge < -0.3 is 24.6 Å². The average Bonchev–Trinajstić information content (AvgIpc) is 3.44. The fourth-order valence-corrected chi connectivity index (χ4v) is 5.91. The quantitative estimate of drug-likeness (QED) is 0.0527. The summed E-state index contributed by atoms with van der Waals surface area (Å²) >= 11 is 0. The molecule has 2 N–H and O–H groups in total. The third-order valence-electron chi connectivity index (χ3n) is 8.66. The van der Waals surface area contributed by atoms with Gasteiger partial charge in [-0.15, -0.1) is 4.74 Å². The van der Waals surface area contributed by atoms with Crippen molar-refractivity contribution in [3.05, 3.63) is 79.8 Å². The first-order valence-electron chi connectivity index (χ1n) is 18.8. The second kappa shape index (κ2) is 21.8. The highest BCUT2D eigenvalue weighted by Gasteiger charge is 2.31. The highest BCUT2D eigenvalue weighted by molar-refractivity contribution is 5.95. The molecule has 0 aliphatic rings. The first-order chi connectivity index (χ1) is 24.9. The minimum Gasteiger partial charge on any atom is -0.488 e. The molecular weight excluding hydrogens is 664 g/mol. The standard InChI is InChI=1S/C40H58N4O8/c1-6-7-8-9-10-11-12-13-14-15-16-17-25-50-26-19-24-41-38(46)31-22-23-35(36(27-31)44(48)49)43-39(47)34(37(52-43)40(3,4)5)29-51-33-21-18-20-32(28-33)42-30(2)45/h18,20-23,27-28H,6-17,19,24-26,29H2,1-5H3,(H,41,46)(H,42,45). The molecular formula is C40H58N4O8. The molecule has 0 radical (unpaired) electrons. The summed E-state index contributed by atoms with van der Waals surface area (Å²) in [5.74, 6) is 0.00626. The molecule has 2 amide bonds. The zero-order valence-corrected chi connectivity index (χ0v) is 31.7. The largest absolute Gasteiger partial charge is 0.488 e. The minimum atomic E-state index is -0.648. The van der Waals surface area contributed by atoms with Crippen LogP contribution in [0, 0.1) is 10.1 Å². The van der Waals surface area contributed by atoms with Crippen molar-refractivity contribution >= 4 is 23.2 Å². The van der Waals surface area contributed by atoms with Crippen LogP contribution in [0.3, 0.4) is 0 Å². The van der Waals surface area contributed by atoms with E-state index in [-0.39, 0.29) is 29.3 Å². The van der Waals surface area contributed by atoms with Crippen LogP contribution in [0.4, 0.5) is 11.4 Å². The minimum absolute atomic E-state index is 0.0890. The summed E-state index contributed by atoms with van der Waals surface area (Å²) in [6, 6.07) is 10.6. The van der Waals surface area contributed by atoms with Gasteiger partial charge in [-0.25, -0.2) is 0 Å². The van der Waals surface area contributed by atoms with Crippen molar-refractivity contribution in [1.82, 2.24) is 10.1 Å². The number of carbonyl (C=O) groups is 2. The van der Waals surface area contributed by atoms with E-state index in [1.54, 1.807) is 24.3 Å². The summed E-state index contributed by atoms with van der Waals surface area (Å²) in [5.41, 5.74) is -1.02. The van der Waals surface area contributed by atoms with Gasteiger partial charge in [0, 0.05) is 55.5 Å². The van der Waals surface area contributed by atoms with Gasteiger partial charge in [0.25, 0.3) is 17.2 Å². The van der Waals surface area contributed by atoms with Gasteiger partial charge >= 0.3 is 0 Å². The van der Waals surface area contributed by atoms with Gasteiger partial charge in [-0.3, -0.25) is 24.5 Å². The summed E-state index contributed by atoms with van der Waals surface area (Å²) in [7, 11) is 0. The van der Waals surface area contributed by atoms with Crippen molar-refractivity contribution in [3.8, 4) is 11.4 Å². The molecule has 286 valence electrons. The topological polar surface area (TPSA) is 155 Å². The highest BCUT2D eigenvalue weighted by atomic mass is 16.6. The van der Waals surface area contributed by atoms with Gasteiger partial charge in [-0.2, -0.15) is 0 Å². The lowest BCUT2D eigenvalue weighted by molar-refractivity contribution is -0.384. The summed E-state index contributed by atoms with van der Waals surface area (Å²) in [5, 5.41) is 17.6. The molecule has 1 heterocycles. The van der Waals surface area contributed by atoms with E-state index in [9.17, 15) is 24.5 Å². The third kappa shape index (κ3) is 13.9. The smallest absolute Gasteiger partial charge is 0.297 e. The lowest BCUT2D eigenvalue weighted by atomic mass is 9.91. The van der Waals surface area contributed by atoms with E-state index < -0.39 is 27.5 Å². The Labute approximate surface area is 307 Å². The van der Waals surface area contributed by atoms with Gasteiger partial charge in [0.05, 0.1) is 10.5 Å². The number of benzene rings is 2.